The van der Waals surface area contributed by atoms with Crippen molar-refractivity contribution in [2.75, 3.05) is 19.5 Å². The number of nitrogens with zero attached hydrogens (tertiary/aromatic N) is 1. The topological polar surface area (TPSA) is 118 Å². The Kier molecular flexibility index (Phi) is 10.8. The monoisotopic (exact) mass is 568 g/mol. The third-order valence-electron chi connectivity index (χ3n) is 5.86. The molecule has 0 saturated carbocycles. The van der Waals surface area contributed by atoms with Crippen LogP contribution in [0.4, 0.5) is 10.1 Å². The highest BCUT2D eigenvalue weighted by atomic mass is 35.5. The van der Waals surface area contributed by atoms with Gasteiger partial charge in [-0.05, 0) is 55.3 Å². The Bertz CT molecular complexity index is 1560. The van der Waals surface area contributed by atoms with Crippen LogP contribution in [0.15, 0.2) is 60.8 Å². The van der Waals surface area contributed by atoms with Gasteiger partial charge in [0, 0.05) is 29.5 Å². The molecule has 3 aromatic carbocycles. The van der Waals surface area contributed by atoms with Crippen molar-refractivity contribution in [1.82, 2.24) is 4.98 Å². The van der Waals surface area contributed by atoms with Gasteiger partial charge in [0.1, 0.15) is 5.82 Å². The quantitative estimate of drug-likeness (QED) is 0.170. The van der Waals surface area contributed by atoms with Crippen molar-refractivity contribution < 1.29 is 33.7 Å². The SMILES string of the molecule is COc1cc(C=CC(=O)Nc2cnc3c(C)cc(C)cc3c2-c2ccccc2F)cc(OC)c1OC(C)=O.Cl.O. The molecule has 40 heavy (non-hydrogen) atoms. The first-order chi connectivity index (χ1) is 18.2. The number of carbonyl (C=O) groups excluding carboxylic acids is 2. The second-order valence-electron chi connectivity index (χ2n) is 8.68. The van der Waals surface area contributed by atoms with Gasteiger partial charge in [-0.15, -0.1) is 12.4 Å². The molecule has 3 N–H and O–H groups in total. The van der Waals surface area contributed by atoms with Crippen molar-refractivity contribution in [2.45, 2.75) is 20.8 Å². The zero-order chi connectivity index (χ0) is 27.4. The summed E-state index contributed by atoms with van der Waals surface area (Å²) in [4.78, 5) is 29.0. The van der Waals surface area contributed by atoms with E-state index in [-0.39, 0.29) is 35.1 Å². The van der Waals surface area contributed by atoms with Gasteiger partial charge in [-0.2, -0.15) is 0 Å². The smallest absolute Gasteiger partial charge is 0.308 e. The van der Waals surface area contributed by atoms with E-state index in [1.807, 2.05) is 26.0 Å². The summed E-state index contributed by atoms with van der Waals surface area (Å²) in [6.45, 7) is 5.18. The maximum Gasteiger partial charge on any atom is 0.308 e. The lowest BCUT2D eigenvalue weighted by Crippen LogP contribution is -2.10. The van der Waals surface area contributed by atoms with Crippen LogP contribution in [0.25, 0.3) is 28.1 Å². The second kappa shape index (κ2) is 13.5. The molecule has 1 amide bonds. The number of hydrogen-bond acceptors (Lipinski definition) is 6. The number of aryl methyl sites for hydroxylation is 2. The van der Waals surface area contributed by atoms with Crippen LogP contribution in [0.2, 0.25) is 0 Å². The maximum absolute atomic E-state index is 14.9. The van der Waals surface area contributed by atoms with E-state index >= 15 is 0 Å². The van der Waals surface area contributed by atoms with E-state index in [2.05, 4.69) is 10.3 Å². The Morgan fingerprint density at radius 2 is 1.65 bits per heavy atom. The van der Waals surface area contributed by atoms with Crippen LogP contribution in [0.3, 0.4) is 0 Å². The average molecular weight is 569 g/mol. The standard InChI is InChI=1S/C30H27FN2O5.ClH.H2O/c1-17-12-18(2)29-22(13-17)28(21-8-6-7-9-23(21)31)24(16-32-29)33-27(35)11-10-20-14-25(36-4)30(38-19(3)34)26(15-20)37-5;;/h6-16H,1-5H3,(H,33,35);1H;1H2. The largest absolute Gasteiger partial charge is 0.493 e. The molecular weight excluding hydrogens is 539 g/mol. The van der Waals surface area contributed by atoms with E-state index in [9.17, 15) is 14.0 Å². The summed E-state index contributed by atoms with van der Waals surface area (Å²) in [5.41, 5.74) is 4.54. The van der Waals surface area contributed by atoms with Gasteiger partial charge >= 0.3 is 5.97 Å². The number of halogens is 2. The lowest BCUT2D eigenvalue weighted by atomic mass is 9.96. The zero-order valence-corrected chi connectivity index (χ0v) is 23.4. The number of aromatic nitrogens is 1. The highest BCUT2D eigenvalue weighted by Gasteiger charge is 2.18. The van der Waals surface area contributed by atoms with Crippen LogP contribution in [-0.2, 0) is 9.59 Å². The molecule has 210 valence electrons. The van der Waals surface area contributed by atoms with Crippen LogP contribution in [0, 0.1) is 19.7 Å². The van der Waals surface area contributed by atoms with E-state index < -0.39 is 17.7 Å². The molecule has 0 atom stereocenters. The predicted molar refractivity (Wildman–Crippen MR) is 156 cm³/mol. The number of amides is 1. The Morgan fingerprint density at radius 3 is 2.25 bits per heavy atom. The van der Waals surface area contributed by atoms with Gasteiger partial charge in [-0.3, -0.25) is 14.6 Å². The summed E-state index contributed by atoms with van der Waals surface area (Å²) < 4.78 is 30.8. The van der Waals surface area contributed by atoms with Crippen molar-refractivity contribution in [3.63, 3.8) is 0 Å². The summed E-state index contributed by atoms with van der Waals surface area (Å²) in [7, 11) is 2.87. The van der Waals surface area contributed by atoms with Gasteiger partial charge in [0.15, 0.2) is 11.5 Å². The Hall–Kier alpha value is -4.47. The third-order valence-corrected chi connectivity index (χ3v) is 5.86. The first kappa shape index (κ1) is 31.7. The summed E-state index contributed by atoms with van der Waals surface area (Å²) in [5, 5.41) is 3.59. The van der Waals surface area contributed by atoms with E-state index in [0.29, 0.717) is 22.4 Å². The maximum atomic E-state index is 14.9. The molecule has 0 aliphatic carbocycles. The van der Waals surface area contributed by atoms with E-state index in [1.54, 1.807) is 36.4 Å². The number of esters is 1. The molecule has 0 aliphatic heterocycles. The van der Waals surface area contributed by atoms with Crippen molar-refractivity contribution in [3.05, 3.63) is 83.3 Å². The molecule has 1 aromatic heterocycles. The van der Waals surface area contributed by atoms with E-state index in [0.717, 1.165) is 22.0 Å². The number of benzene rings is 3. The molecule has 4 rings (SSSR count). The van der Waals surface area contributed by atoms with Crippen molar-refractivity contribution in [2.24, 2.45) is 0 Å². The van der Waals surface area contributed by atoms with E-state index in [1.165, 1.54) is 39.5 Å². The number of methoxy groups -OCH3 is 2. The fourth-order valence-corrected chi connectivity index (χ4v) is 4.30. The third kappa shape index (κ3) is 6.74. The lowest BCUT2D eigenvalue weighted by Gasteiger charge is -2.16. The fourth-order valence-electron chi connectivity index (χ4n) is 4.30. The van der Waals surface area contributed by atoms with Gasteiger partial charge in [-0.25, -0.2) is 4.39 Å². The van der Waals surface area contributed by atoms with Crippen molar-refractivity contribution >= 4 is 46.9 Å². The molecule has 8 nitrogen and oxygen atoms in total. The van der Waals surface area contributed by atoms with Crippen molar-refractivity contribution in [1.29, 1.82) is 0 Å². The normalized spacial score (nSPS) is 10.4. The molecule has 4 aromatic rings. The molecule has 0 bridgehead atoms. The molecule has 1 heterocycles. The molecule has 0 spiro atoms. The highest BCUT2D eigenvalue weighted by molar-refractivity contribution is 6.09. The van der Waals surface area contributed by atoms with Crippen LogP contribution in [0.1, 0.15) is 23.6 Å². The molecule has 0 unspecified atom stereocenters. The molecule has 10 heteroatoms. The highest BCUT2D eigenvalue weighted by Crippen LogP contribution is 2.40. The van der Waals surface area contributed by atoms with Crippen LogP contribution < -0.4 is 19.5 Å². The van der Waals surface area contributed by atoms with Gasteiger partial charge in [0.05, 0.1) is 31.6 Å². The van der Waals surface area contributed by atoms with Gasteiger partial charge in [0.2, 0.25) is 11.7 Å². The number of anilines is 1. The summed E-state index contributed by atoms with van der Waals surface area (Å²) in [6, 6.07) is 13.6. The Labute approximate surface area is 237 Å². The molecule has 0 saturated heterocycles. The minimum atomic E-state index is -0.524. The molecule has 0 fully saturated rings. The number of ether oxygens (including phenoxy) is 3. The Morgan fingerprint density at radius 1 is 1.00 bits per heavy atom. The number of fused-ring (bicyclic) bond motifs is 1. The first-order valence-corrected chi connectivity index (χ1v) is 11.8. The van der Waals surface area contributed by atoms with Crippen LogP contribution in [-0.4, -0.2) is 36.6 Å². The van der Waals surface area contributed by atoms with Gasteiger partial charge < -0.3 is 25.0 Å². The number of carbonyl (C=O) groups is 2. The number of hydrogen-bond donors (Lipinski definition) is 1. The summed E-state index contributed by atoms with van der Waals surface area (Å²) in [5.74, 6) is -0.694. The first-order valence-electron chi connectivity index (χ1n) is 11.8. The fraction of sp³-hybridized carbons (Fsp3) is 0.167. The van der Waals surface area contributed by atoms with Crippen LogP contribution >= 0.6 is 12.4 Å². The molecular formula is C30H30ClFN2O6. The Balaban J connectivity index is 0.00000280. The second-order valence-corrected chi connectivity index (χ2v) is 8.68. The number of rotatable bonds is 7. The minimum absolute atomic E-state index is 0. The van der Waals surface area contributed by atoms with Crippen molar-refractivity contribution in [3.8, 4) is 28.4 Å². The van der Waals surface area contributed by atoms with E-state index in [4.69, 9.17) is 14.2 Å². The molecule has 0 radical (unpaired) electrons. The van der Waals surface area contributed by atoms with Crippen LogP contribution in [0.5, 0.6) is 17.2 Å². The number of nitrogens with one attached hydrogen (secondary N) is 1. The zero-order valence-electron chi connectivity index (χ0n) is 22.6. The molecule has 0 aliphatic rings. The van der Waals surface area contributed by atoms with Gasteiger partial charge in [-0.1, -0.05) is 29.8 Å². The van der Waals surface area contributed by atoms with Gasteiger partial charge in [0.25, 0.3) is 0 Å². The number of pyridine rings is 1. The predicted octanol–water partition coefficient (Wildman–Crippen LogP) is 5.85. The minimum Gasteiger partial charge on any atom is -0.493 e. The summed E-state index contributed by atoms with van der Waals surface area (Å²) in [6.07, 6.45) is 4.43. The summed E-state index contributed by atoms with van der Waals surface area (Å²) >= 11 is 0. The average Bonchev–Trinajstić information content (AvgIpc) is 2.88. The lowest BCUT2D eigenvalue weighted by molar-refractivity contribution is -0.132.